The van der Waals surface area contributed by atoms with Gasteiger partial charge in [-0.15, -0.1) is 0 Å². The van der Waals surface area contributed by atoms with Crippen LogP contribution in [0.3, 0.4) is 0 Å². The Morgan fingerprint density at radius 1 is 1.57 bits per heavy atom. The summed E-state index contributed by atoms with van der Waals surface area (Å²) in [5, 5.41) is 0. The van der Waals surface area contributed by atoms with Crippen molar-refractivity contribution in [1.82, 2.24) is 0 Å². The van der Waals surface area contributed by atoms with E-state index in [1.165, 1.54) is 0 Å². The van der Waals surface area contributed by atoms with E-state index in [9.17, 15) is 0 Å². The van der Waals surface area contributed by atoms with Gasteiger partial charge in [-0.25, -0.2) is 4.99 Å². The first-order chi connectivity index (χ1) is 6.45. The van der Waals surface area contributed by atoms with Crippen molar-refractivity contribution in [2.45, 2.75) is 33.5 Å². The summed E-state index contributed by atoms with van der Waals surface area (Å²) in [7, 11) is 0. The van der Waals surface area contributed by atoms with Crippen LogP contribution in [0.1, 0.15) is 19.8 Å². The van der Waals surface area contributed by atoms with Gasteiger partial charge in [0.25, 0.3) is 3.79 Å². The minimum Gasteiger partial charge on any atom is -0.477 e. The molecule has 1 aliphatic heterocycles. The van der Waals surface area contributed by atoms with Gasteiger partial charge in [0, 0.05) is 0 Å². The molecular weight excluding hydrogens is 359 g/mol. The Labute approximate surface area is 112 Å². The summed E-state index contributed by atoms with van der Waals surface area (Å²) in [5.74, 6) is 0.230. The van der Waals surface area contributed by atoms with E-state index in [0.29, 0.717) is 10.5 Å². The second-order valence-electron chi connectivity index (χ2n) is 3.12. The van der Waals surface area contributed by atoms with E-state index in [4.69, 9.17) is 39.5 Å². The number of aliphatic imine (C=N–C) groups is 1. The largest absolute Gasteiger partial charge is 0.477 e. The molecule has 1 aliphatic rings. The summed E-state index contributed by atoms with van der Waals surface area (Å²) in [6.07, 6.45) is 2.07. The Kier molecular flexibility index (Phi) is 5.08. The average molecular weight is 370 g/mol. The van der Waals surface area contributed by atoms with E-state index in [-0.39, 0.29) is 11.9 Å². The van der Waals surface area contributed by atoms with Crippen LogP contribution >= 0.6 is 57.4 Å². The van der Waals surface area contributed by atoms with E-state index in [2.05, 4.69) is 34.5 Å². The maximum atomic E-state index is 5.70. The number of nitrogens with zero attached hydrogens (tertiary/aromatic N) is 1. The highest BCUT2D eigenvalue weighted by molar-refractivity contribution is 14.1. The van der Waals surface area contributed by atoms with Crippen LogP contribution in [0.25, 0.3) is 0 Å². The maximum Gasteiger partial charge on any atom is 0.266 e. The highest BCUT2D eigenvalue weighted by Gasteiger charge is 2.35. The van der Waals surface area contributed by atoms with Gasteiger partial charge >= 0.3 is 0 Å². The van der Waals surface area contributed by atoms with Crippen LogP contribution in [-0.4, -0.2) is 26.3 Å². The summed E-state index contributed by atoms with van der Waals surface area (Å²) >= 11 is 19.4. The van der Waals surface area contributed by atoms with Crippen molar-refractivity contribution in [2.24, 2.45) is 4.99 Å². The van der Waals surface area contributed by atoms with Gasteiger partial charge < -0.3 is 4.74 Å². The van der Waals surface area contributed by atoms with E-state index < -0.39 is 3.79 Å². The van der Waals surface area contributed by atoms with Crippen molar-refractivity contribution in [1.29, 1.82) is 0 Å². The normalized spacial score (nSPS) is 28.2. The Hall–Kier alpha value is 1.07. The molecule has 0 aromatic heterocycles. The van der Waals surface area contributed by atoms with E-state index in [1.54, 1.807) is 0 Å². The second-order valence-corrected chi connectivity index (χ2v) is 7.00. The van der Waals surface area contributed by atoms with E-state index in [0.717, 1.165) is 12.8 Å². The predicted octanol–water partition coefficient (Wildman–Crippen LogP) is 3.76. The van der Waals surface area contributed by atoms with E-state index in [1.807, 2.05) is 0 Å². The van der Waals surface area contributed by atoms with Gasteiger partial charge in [0.05, 0.1) is 9.97 Å². The quantitative estimate of drug-likeness (QED) is 0.536. The van der Waals surface area contributed by atoms with Crippen LogP contribution in [0.5, 0.6) is 0 Å². The minimum absolute atomic E-state index is 0.208. The minimum atomic E-state index is -1.53. The molecule has 2 atom stereocenters. The van der Waals surface area contributed by atoms with Crippen molar-refractivity contribution in [3.8, 4) is 0 Å². The van der Waals surface area contributed by atoms with Crippen molar-refractivity contribution < 1.29 is 4.74 Å². The van der Waals surface area contributed by atoms with Gasteiger partial charge in [-0.05, 0) is 6.42 Å². The standard InChI is InChI=1S/C8H11Cl3INO/c1-2-3-6-5(12)4-14-7(13-6)8(9,10)11/h5-6H,2-4H2,1H3/t5-,6+/m1/s1. The van der Waals surface area contributed by atoms with Crippen LogP contribution in [0.4, 0.5) is 0 Å². The lowest BCUT2D eigenvalue weighted by atomic mass is 10.1. The number of halogens is 4. The third kappa shape index (κ3) is 3.58. The first-order valence-corrected chi connectivity index (χ1v) is 6.75. The topological polar surface area (TPSA) is 21.6 Å². The zero-order valence-electron chi connectivity index (χ0n) is 7.64. The van der Waals surface area contributed by atoms with Crippen molar-refractivity contribution >= 4 is 63.3 Å². The lowest BCUT2D eigenvalue weighted by Gasteiger charge is -2.28. The monoisotopic (exact) mass is 369 g/mol. The summed E-state index contributed by atoms with van der Waals surface area (Å²) < 4.78 is 4.12. The van der Waals surface area contributed by atoms with Gasteiger partial charge in [-0.1, -0.05) is 70.7 Å². The highest BCUT2D eigenvalue weighted by Crippen LogP contribution is 2.32. The van der Waals surface area contributed by atoms with Crippen molar-refractivity contribution in [3.63, 3.8) is 0 Å². The molecule has 0 aromatic rings. The maximum absolute atomic E-state index is 5.70. The molecule has 0 unspecified atom stereocenters. The van der Waals surface area contributed by atoms with Gasteiger partial charge in [-0.2, -0.15) is 0 Å². The molecule has 6 heteroatoms. The molecule has 0 aliphatic carbocycles. The molecule has 2 nitrogen and oxygen atoms in total. The zero-order valence-corrected chi connectivity index (χ0v) is 12.1. The summed E-state index contributed by atoms with van der Waals surface area (Å²) in [6, 6.07) is 0.208. The lowest BCUT2D eigenvalue weighted by molar-refractivity contribution is 0.263. The number of alkyl halides is 4. The molecule has 0 bridgehead atoms. The zero-order chi connectivity index (χ0) is 10.8. The molecule has 0 spiro atoms. The van der Waals surface area contributed by atoms with Gasteiger partial charge in [-0.3, -0.25) is 0 Å². The average Bonchev–Trinajstić information content (AvgIpc) is 2.07. The summed E-state index contributed by atoms with van der Waals surface area (Å²) in [5.41, 5.74) is 0. The predicted molar refractivity (Wildman–Crippen MR) is 70.2 cm³/mol. The second kappa shape index (κ2) is 5.41. The molecule has 0 amide bonds. The number of ether oxygens (including phenoxy) is 1. The Bertz CT molecular complexity index is 229. The molecule has 0 saturated heterocycles. The molecule has 0 radical (unpaired) electrons. The van der Waals surface area contributed by atoms with Crippen LogP contribution in [0, 0.1) is 0 Å². The fourth-order valence-corrected chi connectivity index (χ4v) is 2.24. The van der Waals surface area contributed by atoms with Gasteiger partial charge in [0.1, 0.15) is 6.61 Å². The highest BCUT2D eigenvalue weighted by atomic mass is 127. The molecule has 14 heavy (non-hydrogen) atoms. The SMILES string of the molecule is CCC[C@@H]1N=C(C(Cl)(Cl)Cl)OC[C@H]1I. The first-order valence-electron chi connectivity index (χ1n) is 4.37. The van der Waals surface area contributed by atoms with Crippen LogP contribution < -0.4 is 0 Å². The summed E-state index contributed by atoms with van der Waals surface area (Å²) in [4.78, 5) is 4.31. The third-order valence-corrected chi connectivity index (χ3v) is 3.58. The summed E-state index contributed by atoms with van der Waals surface area (Å²) in [6.45, 7) is 2.68. The van der Waals surface area contributed by atoms with Crippen LogP contribution in [-0.2, 0) is 4.74 Å². The van der Waals surface area contributed by atoms with Crippen LogP contribution in [0.15, 0.2) is 4.99 Å². The number of hydrogen-bond donors (Lipinski definition) is 0. The number of hydrogen-bond acceptors (Lipinski definition) is 2. The lowest BCUT2D eigenvalue weighted by Crippen LogP contribution is -2.37. The molecule has 0 fully saturated rings. The fourth-order valence-electron chi connectivity index (χ4n) is 1.23. The Balaban J connectivity index is 2.74. The molecule has 82 valence electrons. The van der Waals surface area contributed by atoms with Gasteiger partial charge in [0.15, 0.2) is 0 Å². The third-order valence-electron chi connectivity index (χ3n) is 1.91. The Morgan fingerprint density at radius 3 is 2.71 bits per heavy atom. The molecule has 0 saturated carbocycles. The molecule has 1 heterocycles. The number of rotatable bonds is 2. The van der Waals surface area contributed by atoms with Crippen LogP contribution in [0.2, 0.25) is 0 Å². The first kappa shape index (κ1) is 13.1. The molecule has 0 aromatic carbocycles. The molecule has 1 rings (SSSR count). The van der Waals surface area contributed by atoms with Crippen molar-refractivity contribution in [2.75, 3.05) is 6.61 Å². The molecular formula is C8H11Cl3INO. The smallest absolute Gasteiger partial charge is 0.266 e. The molecule has 0 N–H and O–H groups in total. The fraction of sp³-hybridized carbons (Fsp3) is 0.875. The van der Waals surface area contributed by atoms with E-state index >= 15 is 0 Å². The van der Waals surface area contributed by atoms with Crippen molar-refractivity contribution in [3.05, 3.63) is 0 Å². The van der Waals surface area contributed by atoms with Gasteiger partial charge in [0.2, 0.25) is 5.90 Å². The Morgan fingerprint density at radius 2 is 2.21 bits per heavy atom.